The zero-order valence-corrected chi connectivity index (χ0v) is 17.5. The molecule has 0 nitrogen and oxygen atoms in total. The fraction of sp³-hybridized carbons (Fsp3) is 0. The molecule has 0 saturated heterocycles. The van der Waals surface area contributed by atoms with Crippen LogP contribution in [0.5, 0.6) is 0 Å². The van der Waals surface area contributed by atoms with Gasteiger partial charge in [-0.25, -0.2) is 0 Å². The van der Waals surface area contributed by atoms with Crippen LogP contribution in [0.1, 0.15) is 0 Å². The summed E-state index contributed by atoms with van der Waals surface area (Å²) in [5, 5.41) is 0. The molecule has 6 heteroatoms. The van der Waals surface area contributed by atoms with E-state index in [-0.39, 0.29) is 93.0 Å². The van der Waals surface area contributed by atoms with E-state index >= 15 is 0 Å². The van der Waals surface area contributed by atoms with E-state index in [1.807, 2.05) is 0 Å². The molecule has 0 aromatic heterocycles. The van der Waals surface area contributed by atoms with Crippen LogP contribution in [0.3, 0.4) is 0 Å². The maximum atomic E-state index is 3.38. The summed E-state index contributed by atoms with van der Waals surface area (Å²) in [6.45, 7) is 0. The Morgan fingerprint density at radius 2 is 1.17 bits per heavy atom. The van der Waals surface area contributed by atoms with Crippen molar-refractivity contribution >= 4 is 96.7 Å². The van der Waals surface area contributed by atoms with E-state index in [1.165, 1.54) is 0 Å². The van der Waals surface area contributed by atoms with Crippen LogP contribution in [0.4, 0.5) is 0 Å². The summed E-state index contributed by atoms with van der Waals surface area (Å²) < 4.78 is 0. The summed E-state index contributed by atoms with van der Waals surface area (Å²) in [5.74, 6) is 0. The van der Waals surface area contributed by atoms with E-state index in [2.05, 4.69) is 12.7 Å². The van der Waals surface area contributed by atoms with Gasteiger partial charge in [0, 0.05) is 17.1 Å². The molecule has 0 heterocycles. The third-order valence-electron chi connectivity index (χ3n) is 0. The van der Waals surface area contributed by atoms with Crippen molar-refractivity contribution in [3.05, 3.63) is 0 Å². The fourth-order valence-electron chi connectivity index (χ4n) is 0. The van der Waals surface area contributed by atoms with Gasteiger partial charge in [0.2, 0.25) is 0 Å². The molecule has 0 aliphatic carbocycles. The molecule has 0 fully saturated rings. The first kappa shape index (κ1) is 31.5. The molecule has 0 saturated carbocycles. The Bertz CT molecular complexity index is 15.5. The number of hydrogen-bond acceptors (Lipinski definition) is 0. The number of rotatable bonds is 0. The fourth-order valence-corrected chi connectivity index (χ4v) is 0. The average molecular weight is 694 g/mol. The van der Waals surface area contributed by atoms with Gasteiger partial charge >= 0.3 is 109 Å². The first-order valence-corrected chi connectivity index (χ1v) is 5.65. The molecule has 0 aliphatic heterocycles. The standard InChI is InChI=1S/Bi.Cu.Fe.In.Sb.Sn.10H. The van der Waals surface area contributed by atoms with Gasteiger partial charge in [-0.05, 0) is 0 Å². The zero-order chi connectivity index (χ0) is 2.00. The van der Waals surface area contributed by atoms with Crippen molar-refractivity contribution in [1.82, 2.24) is 0 Å². The molecule has 0 N–H and O–H groups in total. The van der Waals surface area contributed by atoms with Crippen molar-refractivity contribution in [3.8, 4) is 0 Å². The van der Waals surface area contributed by atoms with Crippen LogP contribution in [0.25, 0.3) is 0 Å². The third-order valence-corrected chi connectivity index (χ3v) is 0. The van der Waals surface area contributed by atoms with Gasteiger partial charge in [0.05, 0.1) is 0 Å². The molecular formula is H10BiCuFeInSbSn. The molecular weight excluding hydrogens is 684 g/mol. The van der Waals surface area contributed by atoms with Crippen LogP contribution < -0.4 is 0 Å². The van der Waals surface area contributed by atoms with Crippen LogP contribution in [0, 0.1) is 0 Å². The minimum absolute atomic E-state index is 0. The van der Waals surface area contributed by atoms with Gasteiger partial charge in [-0.1, -0.05) is 0 Å². The summed E-state index contributed by atoms with van der Waals surface area (Å²) >= 11 is 4.48. The van der Waals surface area contributed by atoms with Crippen LogP contribution in [0.15, 0.2) is 0 Å². The Morgan fingerprint density at radius 3 is 1.17 bits per heavy atom. The Labute approximate surface area is 123 Å². The minimum atomic E-state index is 0. The van der Waals surface area contributed by atoms with Crippen LogP contribution in [-0.4, -0.2) is 96.7 Å². The SMILES string of the molecule is [BiH3].[Cu].[Fe][SbH2].[InH3].[SnH2]. The summed E-state index contributed by atoms with van der Waals surface area (Å²) in [4.78, 5) is 0. The zero-order valence-electron chi connectivity index (χ0n) is 2.65. The molecule has 0 aromatic rings. The molecule has 0 spiro atoms. The van der Waals surface area contributed by atoms with E-state index in [4.69, 9.17) is 0 Å². The van der Waals surface area contributed by atoms with E-state index in [1.54, 1.807) is 0 Å². The predicted molar refractivity (Wildman–Crippen MR) is 37.0 cm³/mol. The Morgan fingerprint density at radius 1 is 1.17 bits per heavy atom. The first-order valence-electron chi connectivity index (χ1n) is 0.204. The second kappa shape index (κ2) is 34.2. The summed E-state index contributed by atoms with van der Waals surface area (Å²) in [5.41, 5.74) is 0. The van der Waals surface area contributed by atoms with Gasteiger partial charge in [0.15, 0.2) is 0 Å². The number of hydrogen-bond donors (Lipinski definition) is 0. The van der Waals surface area contributed by atoms with Crippen molar-refractivity contribution in [1.29, 1.82) is 0 Å². The van der Waals surface area contributed by atoms with E-state index < -0.39 is 0 Å². The molecule has 0 rings (SSSR count). The molecule has 0 unspecified atom stereocenters. The molecule has 3 radical (unpaired) electrons. The second-order valence-corrected chi connectivity index (χ2v) is 0. The molecule has 0 aromatic carbocycles. The molecule has 0 amide bonds. The third kappa shape index (κ3) is 23.7. The molecule has 0 aliphatic rings. The predicted octanol–water partition coefficient (Wildman–Crippen LogP) is -4.21. The molecule has 46 valence electrons. The summed E-state index contributed by atoms with van der Waals surface area (Å²) in [6, 6.07) is 0. The van der Waals surface area contributed by atoms with Crippen molar-refractivity contribution in [2.75, 3.05) is 0 Å². The van der Waals surface area contributed by atoms with Gasteiger partial charge in [-0.2, -0.15) is 0 Å². The second-order valence-electron chi connectivity index (χ2n) is 0. The van der Waals surface area contributed by atoms with Crippen LogP contribution in [0.2, 0.25) is 0 Å². The normalized spacial score (nSPS) is 1.00. The topological polar surface area (TPSA) is 0 Å². The molecule has 6 heavy (non-hydrogen) atoms. The summed E-state index contributed by atoms with van der Waals surface area (Å²) in [6.07, 6.45) is 0. The van der Waals surface area contributed by atoms with Crippen molar-refractivity contribution in [2.45, 2.75) is 0 Å². The Kier molecular flexibility index (Phi) is 180. The van der Waals surface area contributed by atoms with Crippen molar-refractivity contribution in [3.63, 3.8) is 0 Å². The van der Waals surface area contributed by atoms with Crippen LogP contribution in [-0.2, 0) is 29.7 Å². The van der Waals surface area contributed by atoms with Gasteiger partial charge < -0.3 is 0 Å². The van der Waals surface area contributed by atoms with Crippen LogP contribution >= 0.6 is 0 Å². The van der Waals surface area contributed by atoms with E-state index in [0.29, 0.717) is 0 Å². The monoisotopic (exact) mass is 694 g/mol. The molecule has 0 atom stereocenters. The van der Waals surface area contributed by atoms with Crippen molar-refractivity contribution < 1.29 is 29.7 Å². The first-order chi connectivity index (χ1) is 1.00. The van der Waals surface area contributed by atoms with Gasteiger partial charge in [-0.15, -0.1) is 0 Å². The molecule has 0 bridgehead atoms. The average Bonchev–Trinajstić information content (AvgIpc) is 1.00. The quantitative estimate of drug-likeness (QED) is 0.226. The Balaban J connectivity index is -0.000000000833. The van der Waals surface area contributed by atoms with E-state index in [0.717, 1.165) is 20.7 Å². The Hall–Kier alpha value is 4.41. The summed E-state index contributed by atoms with van der Waals surface area (Å²) in [7, 11) is 0. The van der Waals surface area contributed by atoms with Crippen molar-refractivity contribution in [2.24, 2.45) is 0 Å². The van der Waals surface area contributed by atoms with E-state index in [9.17, 15) is 0 Å². The van der Waals surface area contributed by atoms with Gasteiger partial charge in [-0.3, -0.25) is 0 Å². The maximum absolute atomic E-state index is 3.38. The van der Waals surface area contributed by atoms with Gasteiger partial charge in [0.25, 0.3) is 0 Å². The van der Waals surface area contributed by atoms with Gasteiger partial charge in [0.1, 0.15) is 0 Å².